The van der Waals surface area contributed by atoms with Crippen LogP contribution in [0.1, 0.15) is 33.3 Å². The van der Waals surface area contributed by atoms with Crippen molar-refractivity contribution < 1.29 is 4.79 Å². The van der Waals surface area contributed by atoms with Crippen molar-refractivity contribution in [2.45, 2.75) is 33.1 Å². The van der Waals surface area contributed by atoms with Crippen LogP contribution in [0.25, 0.3) is 0 Å². The third kappa shape index (κ3) is 3.35. The summed E-state index contributed by atoms with van der Waals surface area (Å²) in [6.07, 6.45) is 0. The quantitative estimate of drug-likeness (QED) is 0.877. The molecular formula is C16H24N2O. The fourth-order valence-electron chi connectivity index (χ4n) is 2.19. The maximum Gasteiger partial charge on any atom is 0.227 e. The van der Waals surface area contributed by atoms with Crippen LogP contribution in [0.3, 0.4) is 0 Å². The Bertz CT molecular complexity index is 441. The number of rotatable bonds is 3. The Kier molecular flexibility index (Phi) is 3.95. The summed E-state index contributed by atoms with van der Waals surface area (Å²) in [5.74, 6) is 0.674. The smallest absolute Gasteiger partial charge is 0.227 e. The Balaban J connectivity index is 1.97. The SMILES string of the molecule is CC(C(=O)Nc1ccc(C(C)(C)C)cc1)C1CNC1. The van der Waals surface area contributed by atoms with Crippen LogP contribution >= 0.6 is 0 Å². The third-order valence-corrected chi connectivity index (χ3v) is 3.95. The van der Waals surface area contributed by atoms with Gasteiger partial charge in [-0.25, -0.2) is 0 Å². The van der Waals surface area contributed by atoms with Crippen molar-refractivity contribution in [2.24, 2.45) is 11.8 Å². The van der Waals surface area contributed by atoms with E-state index < -0.39 is 0 Å². The summed E-state index contributed by atoms with van der Waals surface area (Å²) in [7, 11) is 0. The van der Waals surface area contributed by atoms with E-state index in [0.717, 1.165) is 18.8 Å². The Morgan fingerprint density at radius 3 is 2.26 bits per heavy atom. The van der Waals surface area contributed by atoms with E-state index in [-0.39, 0.29) is 17.2 Å². The molecule has 1 saturated heterocycles. The third-order valence-electron chi connectivity index (χ3n) is 3.95. The summed E-state index contributed by atoms with van der Waals surface area (Å²) < 4.78 is 0. The summed E-state index contributed by atoms with van der Waals surface area (Å²) in [6, 6.07) is 8.16. The monoisotopic (exact) mass is 260 g/mol. The molecule has 1 aliphatic rings. The van der Waals surface area contributed by atoms with Gasteiger partial charge in [-0.1, -0.05) is 39.8 Å². The molecule has 1 fully saturated rings. The maximum absolute atomic E-state index is 12.1. The lowest BCUT2D eigenvalue weighted by Gasteiger charge is -2.31. The van der Waals surface area contributed by atoms with Gasteiger partial charge in [0.05, 0.1) is 0 Å². The molecule has 0 aromatic heterocycles. The molecule has 0 aliphatic carbocycles. The van der Waals surface area contributed by atoms with E-state index in [4.69, 9.17) is 0 Å². The van der Waals surface area contributed by atoms with E-state index in [1.807, 2.05) is 19.1 Å². The molecule has 0 bridgehead atoms. The maximum atomic E-state index is 12.1. The van der Waals surface area contributed by atoms with E-state index in [2.05, 4.69) is 43.5 Å². The molecular weight excluding hydrogens is 236 g/mol. The molecule has 104 valence electrons. The predicted octanol–water partition coefficient (Wildman–Crippen LogP) is 2.78. The van der Waals surface area contributed by atoms with Crippen molar-refractivity contribution in [1.29, 1.82) is 0 Å². The number of carbonyl (C=O) groups excluding carboxylic acids is 1. The van der Waals surface area contributed by atoms with Gasteiger partial charge >= 0.3 is 0 Å². The van der Waals surface area contributed by atoms with Crippen molar-refractivity contribution in [3.8, 4) is 0 Å². The normalized spacial score (nSPS) is 17.7. The molecule has 0 saturated carbocycles. The Morgan fingerprint density at radius 2 is 1.84 bits per heavy atom. The van der Waals surface area contributed by atoms with Gasteiger partial charge in [0, 0.05) is 11.6 Å². The number of benzene rings is 1. The van der Waals surface area contributed by atoms with Crippen LogP contribution in [-0.4, -0.2) is 19.0 Å². The summed E-state index contributed by atoms with van der Waals surface area (Å²) in [5.41, 5.74) is 2.31. The van der Waals surface area contributed by atoms with Crippen LogP contribution in [0.5, 0.6) is 0 Å². The Hall–Kier alpha value is -1.35. The number of amides is 1. The zero-order valence-corrected chi connectivity index (χ0v) is 12.3. The molecule has 1 atom stereocenters. The van der Waals surface area contributed by atoms with Crippen LogP contribution < -0.4 is 10.6 Å². The molecule has 0 spiro atoms. The molecule has 3 heteroatoms. The van der Waals surface area contributed by atoms with E-state index in [9.17, 15) is 4.79 Å². The summed E-state index contributed by atoms with van der Waals surface area (Å²) >= 11 is 0. The number of nitrogens with one attached hydrogen (secondary N) is 2. The predicted molar refractivity (Wildman–Crippen MR) is 79.3 cm³/mol. The Morgan fingerprint density at radius 1 is 1.26 bits per heavy atom. The van der Waals surface area contributed by atoms with Gasteiger partial charge < -0.3 is 10.6 Å². The molecule has 2 N–H and O–H groups in total. The topological polar surface area (TPSA) is 41.1 Å². The first-order valence-electron chi connectivity index (χ1n) is 7.00. The average molecular weight is 260 g/mol. The van der Waals surface area contributed by atoms with Gasteiger partial charge in [-0.3, -0.25) is 4.79 Å². The molecule has 1 aliphatic heterocycles. The van der Waals surface area contributed by atoms with Gasteiger partial charge in [0.15, 0.2) is 0 Å². The molecule has 1 aromatic rings. The fraction of sp³-hybridized carbons (Fsp3) is 0.562. The second-order valence-electron chi connectivity index (χ2n) is 6.52. The highest BCUT2D eigenvalue weighted by Gasteiger charge is 2.28. The van der Waals surface area contributed by atoms with Crippen molar-refractivity contribution in [1.82, 2.24) is 5.32 Å². The highest BCUT2D eigenvalue weighted by Crippen LogP contribution is 2.24. The van der Waals surface area contributed by atoms with E-state index in [1.54, 1.807) is 0 Å². The van der Waals surface area contributed by atoms with E-state index in [0.29, 0.717) is 5.92 Å². The molecule has 1 unspecified atom stereocenters. The minimum atomic E-state index is 0.0727. The van der Waals surface area contributed by atoms with Crippen LogP contribution in [0, 0.1) is 11.8 Å². The van der Waals surface area contributed by atoms with Gasteiger partial charge in [-0.15, -0.1) is 0 Å². The van der Waals surface area contributed by atoms with Crippen LogP contribution in [0.4, 0.5) is 5.69 Å². The molecule has 19 heavy (non-hydrogen) atoms. The van der Waals surface area contributed by atoms with E-state index >= 15 is 0 Å². The molecule has 1 heterocycles. The first-order valence-corrected chi connectivity index (χ1v) is 7.00. The minimum absolute atomic E-state index is 0.0727. The van der Waals surface area contributed by atoms with E-state index in [1.165, 1.54) is 5.56 Å². The van der Waals surface area contributed by atoms with Crippen LogP contribution in [0.15, 0.2) is 24.3 Å². The number of hydrogen-bond acceptors (Lipinski definition) is 2. The fourth-order valence-corrected chi connectivity index (χ4v) is 2.19. The zero-order chi connectivity index (χ0) is 14.0. The van der Waals surface area contributed by atoms with Crippen molar-refractivity contribution >= 4 is 11.6 Å². The molecule has 0 radical (unpaired) electrons. The van der Waals surface area contributed by atoms with Crippen LogP contribution in [-0.2, 0) is 10.2 Å². The number of hydrogen-bond donors (Lipinski definition) is 2. The summed E-state index contributed by atoms with van der Waals surface area (Å²) in [6.45, 7) is 10.5. The number of carbonyl (C=O) groups is 1. The highest BCUT2D eigenvalue weighted by molar-refractivity contribution is 5.92. The molecule has 3 nitrogen and oxygen atoms in total. The lowest BCUT2D eigenvalue weighted by molar-refractivity contribution is -0.121. The lowest BCUT2D eigenvalue weighted by Crippen LogP contribution is -2.48. The Labute approximate surface area is 115 Å². The van der Waals surface area contributed by atoms with Gasteiger partial charge in [0.1, 0.15) is 0 Å². The van der Waals surface area contributed by atoms with Gasteiger partial charge in [0.2, 0.25) is 5.91 Å². The van der Waals surface area contributed by atoms with Crippen molar-refractivity contribution in [3.63, 3.8) is 0 Å². The largest absolute Gasteiger partial charge is 0.326 e. The summed E-state index contributed by atoms with van der Waals surface area (Å²) in [4.78, 5) is 12.1. The lowest BCUT2D eigenvalue weighted by atomic mass is 9.87. The molecule has 2 rings (SSSR count). The van der Waals surface area contributed by atoms with Gasteiger partial charge in [-0.05, 0) is 42.1 Å². The second-order valence-corrected chi connectivity index (χ2v) is 6.52. The molecule has 1 aromatic carbocycles. The first kappa shape index (κ1) is 14.1. The van der Waals surface area contributed by atoms with Gasteiger partial charge in [-0.2, -0.15) is 0 Å². The van der Waals surface area contributed by atoms with Gasteiger partial charge in [0.25, 0.3) is 0 Å². The molecule has 1 amide bonds. The van der Waals surface area contributed by atoms with Crippen molar-refractivity contribution in [3.05, 3.63) is 29.8 Å². The van der Waals surface area contributed by atoms with Crippen LogP contribution in [0.2, 0.25) is 0 Å². The van der Waals surface area contributed by atoms with Crippen molar-refractivity contribution in [2.75, 3.05) is 18.4 Å². The standard InChI is InChI=1S/C16H24N2O/c1-11(12-9-17-10-12)15(19)18-14-7-5-13(6-8-14)16(2,3)4/h5-8,11-12,17H,9-10H2,1-4H3,(H,18,19). The zero-order valence-electron chi connectivity index (χ0n) is 12.3. The summed E-state index contributed by atoms with van der Waals surface area (Å²) in [5, 5.41) is 6.21. The number of anilines is 1. The highest BCUT2D eigenvalue weighted by atomic mass is 16.1. The average Bonchev–Trinajstić information content (AvgIpc) is 2.26. The second kappa shape index (κ2) is 5.33. The minimum Gasteiger partial charge on any atom is -0.326 e. The first-order chi connectivity index (χ1) is 8.88.